The highest BCUT2D eigenvalue weighted by atomic mass is 32.1. The fourth-order valence-corrected chi connectivity index (χ4v) is 5.80. The van der Waals surface area contributed by atoms with Crippen molar-refractivity contribution in [3.8, 4) is 32.0 Å². The van der Waals surface area contributed by atoms with E-state index in [1.54, 1.807) is 0 Å². The van der Waals surface area contributed by atoms with Crippen molar-refractivity contribution >= 4 is 32.9 Å². The summed E-state index contributed by atoms with van der Waals surface area (Å²) >= 11 is 1.90. The molecule has 1 heterocycles. The van der Waals surface area contributed by atoms with E-state index in [4.69, 9.17) is 0 Å². The number of rotatable bonds is 3. The molecule has 146 valence electrons. The third-order valence-corrected chi connectivity index (χ3v) is 7.19. The summed E-state index contributed by atoms with van der Waals surface area (Å²) in [4.78, 5) is 2.67. The molecule has 0 aliphatic rings. The van der Waals surface area contributed by atoms with Gasteiger partial charge in [-0.2, -0.15) is 0 Å². The van der Waals surface area contributed by atoms with Gasteiger partial charge in [-0.05, 0) is 27.5 Å². The summed E-state index contributed by atoms with van der Waals surface area (Å²) in [5.41, 5.74) is 5.10. The molecule has 0 aliphatic carbocycles. The van der Waals surface area contributed by atoms with Crippen molar-refractivity contribution in [3.05, 3.63) is 121 Å². The van der Waals surface area contributed by atoms with Crippen LogP contribution in [-0.4, -0.2) is 0 Å². The summed E-state index contributed by atoms with van der Waals surface area (Å²) in [6.07, 6.45) is 0. The van der Waals surface area contributed by atoms with Crippen molar-refractivity contribution in [3.63, 3.8) is 0 Å². The van der Waals surface area contributed by atoms with Crippen LogP contribution in [0.15, 0.2) is 121 Å². The largest absolute Gasteiger partial charge is 0.134 e. The molecule has 6 aromatic rings. The van der Waals surface area contributed by atoms with E-state index < -0.39 is 0 Å². The van der Waals surface area contributed by atoms with Crippen LogP contribution < -0.4 is 0 Å². The standard InChI is InChI=1S/C30H20S/c1-3-11-21(12-4-1)24-16-9-10-18-26(24)30-27-20-19-22-13-7-8-17-25(22)28(27)29(31-30)23-14-5-2-6-15-23/h1-20H. The van der Waals surface area contributed by atoms with Crippen LogP contribution in [0.4, 0.5) is 0 Å². The maximum atomic E-state index is 2.30. The average Bonchev–Trinajstić information content (AvgIpc) is 3.25. The number of benzene rings is 5. The first-order valence-electron chi connectivity index (χ1n) is 10.5. The van der Waals surface area contributed by atoms with E-state index in [1.807, 2.05) is 11.3 Å². The minimum absolute atomic E-state index is 1.25. The lowest BCUT2D eigenvalue weighted by molar-refractivity contribution is 1.62. The first-order valence-corrected chi connectivity index (χ1v) is 11.4. The molecule has 0 aliphatic heterocycles. The lowest BCUT2D eigenvalue weighted by Gasteiger charge is -2.09. The zero-order valence-corrected chi connectivity index (χ0v) is 17.8. The van der Waals surface area contributed by atoms with Crippen molar-refractivity contribution in [1.29, 1.82) is 0 Å². The van der Waals surface area contributed by atoms with Gasteiger partial charge in [-0.1, -0.05) is 121 Å². The maximum absolute atomic E-state index is 2.30. The molecule has 0 fully saturated rings. The van der Waals surface area contributed by atoms with E-state index in [1.165, 1.54) is 53.6 Å². The molecule has 0 spiro atoms. The molecule has 0 saturated carbocycles. The highest BCUT2D eigenvalue weighted by Gasteiger charge is 2.18. The Kier molecular flexibility index (Phi) is 4.40. The lowest BCUT2D eigenvalue weighted by atomic mass is 9.95. The molecule has 0 nitrogen and oxygen atoms in total. The molecule has 0 radical (unpaired) electrons. The van der Waals surface area contributed by atoms with E-state index in [9.17, 15) is 0 Å². The van der Waals surface area contributed by atoms with Gasteiger partial charge >= 0.3 is 0 Å². The van der Waals surface area contributed by atoms with Gasteiger partial charge in [-0.15, -0.1) is 11.3 Å². The topological polar surface area (TPSA) is 0 Å². The molecule has 0 unspecified atom stereocenters. The molecule has 31 heavy (non-hydrogen) atoms. The van der Waals surface area contributed by atoms with Gasteiger partial charge in [-0.3, -0.25) is 0 Å². The van der Waals surface area contributed by atoms with E-state index in [-0.39, 0.29) is 0 Å². The number of hydrogen-bond donors (Lipinski definition) is 0. The Morgan fingerprint density at radius 1 is 0.387 bits per heavy atom. The molecule has 0 amide bonds. The highest BCUT2D eigenvalue weighted by molar-refractivity contribution is 7.21. The fourth-order valence-electron chi connectivity index (χ4n) is 4.46. The van der Waals surface area contributed by atoms with Crippen LogP contribution >= 0.6 is 11.3 Å². The first kappa shape index (κ1) is 18.1. The summed E-state index contributed by atoms with van der Waals surface area (Å²) in [6, 6.07) is 43.5. The minimum atomic E-state index is 1.25. The van der Waals surface area contributed by atoms with E-state index in [0.29, 0.717) is 0 Å². The Balaban J connectivity index is 1.72. The number of thiophene rings is 1. The second kappa shape index (κ2) is 7.54. The summed E-state index contributed by atoms with van der Waals surface area (Å²) in [5, 5.41) is 5.28. The lowest BCUT2D eigenvalue weighted by Crippen LogP contribution is -1.83. The van der Waals surface area contributed by atoms with E-state index in [2.05, 4.69) is 121 Å². The molecule has 0 atom stereocenters. The summed E-state index contributed by atoms with van der Waals surface area (Å²) in [5.74, 6) is 0. The van der Waals surface area contributed by atoms with Crippen molar-refractivity contribution in [2.45, 2.75) is 0 Å². The molecule has 5 aromatic carbocycles. The molecule has 1 aromatic heterocycles. The van der Waals surface area contributed by atoms with Gasteiger partial charge in [0.2, 0.25) is 0 Å². The fraction of sp³-hybridized carbons (Fsp3) is 0. The van der Waals surface area contributed by atoms with Crippen LogP contribution in [0, 0.1) is 0 Å². The Morgan fingerprint density at radius 3 is 1.77 bits per heavy atom. The summed E-state index contributed by atoms with van der Waals surface area (Å²) in [7, 11) is 0. The number of fused-ring (bicyclic) bond motifs is 3. The van der Waals surface area contributed by atoms with Crippen molar-refractivity contribution in [2.24, 2.45) is 0 Å². The van der Waals surface area contributed by atoms with Gasteiger partial charge in [-0.25, -0.2) is 0 Å². The van der Waals surface area contributed by atoms with E-state index in [0.717, 1.165) is 0 Å². The molecule has 0 bridgehead atoms. The molecular formula is C30H20S. The second-order valence-corrected chi connectivity index (χ2v) is 8.77. The second-order valence-electron chi connectivity index (χ2n) is 7.75. The van der Waals surface area contributed by atoms with Gasteiger partial charge in [0.1, 0.15) is 0 Å². The van der Waals surface area contributed by atoms with Gasteiger partial charge < -0.3 is 0 Å². The highest BCUT2D eigenvalue weighted by Crippen LogP contribution is 2.48. The number of hydrogen-bond acceptors (Lipinski definition) is 1. The molecule has 6 rings (SSSR count). The average molecular weight is 413 g/mol. The third kappa shape index (κ3) is 3.06. The molecular weight excluding hydrogens is 392 g/mol. The predicted molar refractivity (Wildman–Crippen MR) is 136 cm³/mol. The zero-order chi connectivity index (χ0) is 20.6. The van der Waals surface area contributed by atoms with Crippen LogP contribution in [0.2, 0.25) is 0 Å². The summed E-state index contributed by atoms with van der Waals surface area (Å²) in [6.45, 7) is 0. The van der Waals surface area contributed by atoms with Crippen LogP contribution in [0.1, 0.15) is 0 Å². The van der Waals surface area contributed by atoms with Crippen LogP contribution in [0.25, 0.3) is 53.6 Å². The third-order valence-electron chi connectivity index (χ3n) is 5.90. The predicted octanol–water partition coefficient (Wildman–Crippen LogP) is 9.06. The Labute approximate surface area is 186 Å². The minimum Gasteiger partial charge on any atom is -0.134 e. The summed E-state index contributed by atoms with van der Waals surface area (Å²) < 4.78 is 0. The van der Waals surface area contributed by atoms with Crippen LogP contribution in [0.3, 0.4) is 0 Å². The Hall–Kier alpha value is -3.68. The SMILES string of the molecule is c1ccc(-c2ccccc2-c2sc(-c3ccccc3)c3c2ccc2ccccc23)cc1. The van der Waals surface area contributed by atoms with Gasteiger partial charge in [0, 0.05) is 26.1 Å². The van der Waals surface area contributed by atoms with Crippen LogP contribution in [0.5, 0.6) is 0 Å². The van der Waals surface area contributed by atoms with Gasteiger partial charge in [0.05, 0.1) is 0 Å². The van der Waals surface area contributed by atoms with Crippen molar-refractivity contribution in [1.82, 2.24) is 0 Å². The first-order chi connectivity index (χ1) is 15.4. The van der Waals surface area contributed by atoms with Crippen LogP contribution in [-0.2, 0) is 0 Å². The molecule has 0 N–H and O–H groups in total. The van der Waals surface area contributed by atoms with Gasteiger partial charge in [0.15, 0.2) is 0 Å². The molecule has 0 saturated heterocycles. The quantitative estimate of drug-likeness (QED) is 0.272. The van der Waals surface area contributed by atoms with Crippen molar-refractivity contribution in [2.75, 3.05) is 0 Å². The zero-order valence-electron chi connectivity index (χ0n) is 17.0. The van der Waals surface area contributed by atoms with E-state index >= 15 is 0 Å². The monoisotopic (exact) mass is 412 g/mol. The smallest absolute Gasteiger partial charge is 0.0434 e. The Morgan fingerprint density at radius 2 is 1.00 bits per heavy atom. The maximum Gasteiger partial charge on any atom is 0.0434 e. The van der Waals surface area contributed by atoms with Gasteiger partial charge in [0.25, 0.3) is 0 Å². The Bertz CT molecular complexity index is 1510. The normalized spacial score (nSPS) is 11.2. The molecule has 1 heteroatoms. The van der Waals surface area contributed by atoms with Crippen molar-refractivity contribution < 1.29 is 0 Å².